The quantitative estimate of drug-likeness (QED) is 0.779. The van der Waals surface area contributed by atoms with Crippen LogP contribution in [0.3, 0.4) is 0 Å². The summed E-state index contributed by atoms with van der Waals surface area (Å²) in [5.41, 5.74) is 0. The molecule has 1 amide bonds. The first-order chi connectivity index (χ1) is 7.75. The third-order valence-corrected chi connectivity index (χ3v) is 2.60. The number of hydrogen-bond acceptors (Lipinski definition) is 2. The van der Waals surface area contributed by atoms with E-state index in [1.807, 2.05) is 0 Å². The van der Waals surface area contributed by atoms with E-state index in [-0.39, 0.29) is 11.7 Å². The first kappa shape index (κ1) is 10.9. The standard InChI is InChI=1S/C12H14FNO2/c13-10-3-1-4-11(9-10)16-8-7-14-6-2-5-12(14)15/h1,3-4,9H,2,5-8H2. The second-order valence-corrected chi connectivity index (χ2v) is 3.79. The van der Waals surface area contributed by atoms with Gasteiger partial charge in [0, 0.05) is 19.0 Å². The fraction of sp³-hybridized carbons (Fsp3) is 0.417. The first-order valence-corrected chi connectivity index (χ1v) is 5.42. The topological polar surface area (TPSA) is 29.5 Å². The number of carbonyl (C=O) groups is 1. The number of hydrogen-bond donors (Lipinski definition) is 0. The summed E-state index contributed by atoms with van der Waals surface area (Å²) in [4.78, 5) is 13.1. The van der Waals surface area contributed by atoms with Gasteiger partial charge in [0.15, 0.2) is 0 Å². The summed E-state index contributed by atoms with van der Waals surface area (Å²) < 4.78 is 18.2. The zero-order chi connectivity index (χ0) is 11.4. The summed E-state index contributed by atoms with van der Waals surface area (Å²) in [6.07, 6.45) is 1.57. The van der Waals surface area contributed by atoms with E-state index in [0.29, 0.717) is 25.3 Å². The maximum Gasteiger partial charge on any atom is 0.222 e. The number of likely N-dealkylation sites (tertiary alicyclic amines) is 1. The molecule has 86 valence electrons. The molecule has 0 radical (unpaired) electrons. The zero-order valence-electron chi connectivity index (χ0n) is 8.99. The Bertz CT molecular complexity index is 381. The van der Waals surface area contributed by atoms with Crippen molar-refractivity contribution in [1.29, 1.82) is 0 Å². The van der Waals surface area contributed by atoms with Crippen molar-refractivity contribution < 1.29 is 13.9 Å². The summed E-state index contributed by atoms with van der Waals surface area (Å²) in [6.45, 7) is 1.80. The van der Waals surface area contributed by atoms with Gasteiger partial charge >= 0.3 is 0 Å². The molecule has 0 spiro atoms. The van der Waals surface area contributed by atoms with Gasteiger partial charge in [0.2, 0.25) is 5.91 Å². The first-order valence-electron chi connectivity index (χ1n) is 5.42. The van der Waals surface area contributed by atoms with Crippen molar-refractivity contribution in [1.82, 2.24) is 4.90 Å². The third kappa shape index (κ3) is 2.72. The van der Waals surface area contributed by atoms with Crippen LogP contribution in [0.25, 0.3) is 0 Å². The summed E-state index contributed by atoms with van der Waals surface area (Å²) in [7, 11) is 0. The van der Waals surface area contributed by atoms with Gasteiger partial charge in [-0.15, -0.1) is 0 Å². The molecule has 0 unspecified atom stereocenters. The molecule has 0 atom stereocenters. The largest absolute Gasteiger partial charge is 0.492 e. The molecule has 3 nitrogen and oxygen atoms in total. The molecule has 4 heteroatoms. The average molecular weight is 223 g/mol. The lowest BCUT2D eigenvalue weighted by atomic mass is 10.3. The molecule has 1 heterocycles. The van der Waals surface area contributed by atoms with Crippen molar-refractivity contribution in [2.24, 2.45) is 0 Å². The van der Waals surface area contributed by atoms with Crippen LogP contribution in [-0.2, 0) is 4.79 Å². The molecule has 1 aliphatic rings. The van der Waals surface area contributed by atoms with Crippen LogP contribution < -0.4 is 4.74 Å². The normalized spacial score (nSPS) is 15.6. The number of rotatable bonds is 4. The molecule has 0 aromatic heterocycles. The molecule has 0 N–H and O–H groups in total. The Balaban J connectivity index is 1.77. The predicted octanol–water partition coefficient (Wildman–Crippen LogP) is 1.83. The molecule has 1 fully saturated rings. The summed E-state index contributed by atoms with van der Waals surface area (Å²) in [5, 5.41) is 0. The number of carbonyl (C=O) groups excluding carboxylic acids is 1. The second kappa shape index (κ2) is 4.96. The monoisotopic (exact) mass is 223 g/mol. The minimum atomic E-state index is -0.310. The summed E-state index contributed by atoms with van der Waals surface area (Å²) in [6, 6.07) is 6.02. The molecule has 1 aromatic carbocycles. The van der Waals surface area contributed by atoms with Gasteiger partial charge in [0.25, 0.3) is 0 Å². The van der Waals surface area contributed by atoms with E-state index in [0.717, 1.165) is 13.0 Å². The fourth-order valence-electron chi connectivity index (χ4n) is 1.77. The van der Waals surface area contributed by atoms with E-state index < -0.39 is 0 Å². The van der Waals surface area contributed by atoms with Crippen molar-refractivity contribution in [3.8, 4) is 5.75 Å². The van der Waals surface area contributed by atoms with Gasteiger partial charge in [-0.25, -0.2) is 4.39 Å². The van der Waals surface area contributed by atoms with E-state index in [4.69, 9.17) is 4.74 Å². The molecule has 0 aliphatic carbocycles. The summed E-state index contributed by atoms with van der Waals surface area (Å²) >= 11 is 0. The molecule has 1 aromatic rings. The smallest absolute Gasteiger partial charge is 0.222 e. The highest BCUT2D eigenvalue weighted by Crippen LogP contribution is 2.13. The van der Waals surface area contributed by atoms with Crippen LogP contribution in [0.2, 0.25) is 0 Å². The molecule has 0 saturated carbocycles. The highest BCUT2D eigenvalue weighted by molar-refractivity contribution is 5.78. The Labute approximate surface area is 93.8 Å². The lowest BCUT2D eigenvalue weighted by Gasteiger charge is -2.15. The number of amides is 1. The number of nitrogens with zero attached hydrogens (tertiary/aromatic N) is 1. The lowest BCUT2D eigenvalue weighted by Crippen LogP contribution is -2.29. The van der Waals surface area contributed by atoms with Gasteiger partial charge in [-0.2, -0.15) is 0 Å². The lowest BCUT2D eigenvalue weighted by molar-refractivity contribution is -0.128. The predicted molar refractivity (Wildman–Crippen MR) is 57.7 cm³/mol. The Hall–Kier alpha value is -1.58. The third-order valence-electron chi connectivity index (χ3n) is 2.60. The van der Waals surface area contributed by atoms with Crippen molar-refractivity contribution in [2.75, 3.05) is 19.7 Å². The highest BCUT2D eigenvalue weighted by atomic mass is 19.1. The van der Waals surface area contributed by atoms with Crippen molar-refractivity contribution >= 4 is 5.91 Å². The van der Waals surface area contributed by atoms with Crippen molar-refractivity contribution in [3.63, 3.8) is 0 Å². The Morgan fingerprint density at radius 1 is 1.44 bits per heavy atom. The van der Waals surface area contributed by atoms with Crippen LogP contribution in [0.5, 0.6) is 5.75 Å². The van der Waals surface area contributed by atoms with Gasteiger partial charge in [0.1, 0.15) is 18.2 Å². The molecule has 2 rings (SSSR count). The van der Waals surface area contributed by atoms with E-state index in [1.165, 1.54) is 12.1 Å². The number of ether oxygens (including phenoxy) is 1. The Morgan fingerprint density at radius 3 is 3.00 bits per heavy atom. The molecule has 1 aliphatic heterocycles. The Kier molecular flexibility index (Phi) is 3.39. The Morgan fingerprint density at radius 2 is 2.31 bits per heavy atom. The molecule has 1 saturated heterocycles. The van der Waals surface area contributed by atoms with Crippen LogP contribution in [-0.4, -0.2) is 30.5 Å². The second-order valence-electron chi connectivity index (χ2n) is 3.79. The van der Waals surface area contributed by atoms with Crippen molar-refractivity contribution in [3.05, 3.63) is 30.1 Å². The van der Waals surface area contributed by atoms with Crippen LogP contribution >= 0.6 is 0 Å². The van der Waals surface area contributed by atoms with Crippen LogP contribution in [0.4, 0.5) is 4.39 Å². The van der Waals surface area contributed by atoms with E-state index in [2.05, 4.69) is 0 Å². The van der Waals surface area contributed by atoms with Gasteiger partial charge < -0.3 is 9.64 Å². The maximum absolute atomic E-state index is 12.8. The number of halogens is 1. The van der Waals surface area contributed by atoms with E-state index in [1.54, 1.807) is 17.0 Å². The minimum absolute atomic E-state index is 0.183. The van der Waals surface area contributed by atoms with E-state index in [9.17, 15) is 9.18 Å². The van der Waals surface area contributed by atoms with Gasteiger partial charge in [-0.05, 0) is 18.6 Å². The highest BCUT2D eigenvalue weighted by Gasteiger charge is 2.19. The van der Waals surface area contributed by atoms with Crippen LogP contribution in [0.15, 0.2) is 24.3 Å². The molecule has 16 heavy (non-hydrogen) atoms. The summed E-state index contributed by atoms with van der Waals surface area (Å²) in [5.74, 6) is 0.379. The van der Waals surface area contributed by atoms with Gasteiger partial charge in [-0.1, -0.05) is 6.07 Å². The van der Waals surface area contributed by atoms with Crippen LogP contribution in [0.1, 0.15) is 12.8 Å². The van der Waals surface area contributed by atoms with Gasteiger partial charge in [0.05, 0.1) is 6.54 Å². The molecular weight excluding hydrogens is 209 g/mol. The number of benzene rings is 1. The average Bonchev–Trinajstić information content (AvgIpc) is 2.65. The van der Waals surface area contributed by atoms with E-state index >= 15 is 0 Å². The minimum Gasteiger partial charge on any atom is -0.492 e. The molecular formula is C12H14FNO2. The van der Waals surface area contributed by atoms with Crippen LogP contribution in [0, 0.1) is 5.82 Å². The fourth-order valence-corrected chi connectivity index (χ4v) is 1.77. The maximum atomic E-state index is 12.8. The molecule has 0 bridgehead atoms. The van der Waals surface area contributed by atoms with Crippen molar-refractivity contribution in [2.45, 2.75) is 12.8 Å². The van der Waals surface area contributed by atoms with Gasteiger partial charge in [-0.3, -0.25) is 4.79 Å². The SMILES string of the molecule is O=C1CCCN1CCOc1cccc(F)c1. The zero-order valence-corrected chi connectivity index (χ0v) is 8.99.